The second kappa shape index (κ2) is 7.34. The van der Waals surface area contributed by atoms with Crippen molar-refractivity contribution < 1.29 is 14.3 Å². The Hall–Kier alpha value is -2.35. The minimum Gasteiger partial charge on any atom is -0.460 e. The van der Waals surface area contributed by atoms with E-state index in [1.807, 2.05) is 0 Å². The summed E-state index contributed by atoms with van der Waals surface area (Å²) >= 11 is 0. The highest BCUT2D eigenvalue weighted by molar-refractivity contribution is 5.82. The molecule has 4 fully saturated rings. The molecular formula is C22H26N2O3. The molecule has 4 bridgehead atoms. The molecule has 4 aliphatic rings. The van der Waals surface area contributed by atoms with Crippen molar-refractivity contribution in [1.82, 2.24) is 5.32 Å². The summed E-state index contributed by atoms with van der Waals surface area (Å²) in [6.45, 7) is 0.0663. The Morgan fingerprint density at radius 1 is 1.07 bits per heavy atom. The van der Waals surface area contributed by atoms with Crippen LogP contribution in [0.25, 0.3) is 0 Å². The lowest BCUT2D eigenvalue weighted by atomic mass is 9.49. The van der Waals surface area contributed by atoms with Gasteiger partial charge < -0.3 is 10.1 Å². The number of hydrogen-bond acceptors (Lipinski definition) is 4. The molecule has 1 amide bonds. The summed E-state index contributed by atoms with van der Waals surface area (Å²) in [4.78, 5) is 24.3. The fourth-order valence-electron chi connectivity index (χ4n) is 5.97. The summed E-state index contributed by atoms with van der Waals surface area (Å²) < 4.78 is 5.21. The molecule has 5 heteroatoms. The molecule has 4 saturated carbocycles. The molecule has 0 radical (unpaired) electrons. The predicted octanol–water partition coefficient (Wildman–Crippen LogP) is 3.32. The van der Waals surface area contributed by atoms with E-state index in [0.29, 0.717) is 12.0 Å². The molecule has 4 aliphatic carbocycles. The van der Waals surface area contributed by atoms with Crippen LogP contribution in [0.1, 0.15) is 56.1 Å². The number of amides is 1. The molecule has 142 valence electrons. The Balaban J connectivity index is 1.21. The lowest BCUT2D eigenvalue weighted by Crippen LogP contribution is -2.48. The van der Waals surface area contributed by atoms with Gasteiger partial charge in [0.05, 0.1) is 11.6 Å². The van der Waals surface area contributed by atoms with Crippen molar-refractivity contribution in [2.75, 3.05) is 6.54 Å². The normalized spacial score (nSPS) is 30.6. The first-order chi connectivity index (χ1) is 13.0. The van der Waals surface area contributed by atoms with Gasteiger partial charge in [-0.3, -0.25) is 9.59 Å². The highest BCUT2D eigenvalue weighted by atomic mass is 16.5. The van der Waals surface area contributed by atoms with Crippen molar-refractivity contribution in [3.8, 4) is 6.07 Å². The number of nitrogens with zero attached hydrogens (tertiary/aromatic N) is 1. The molecule has 27 heavy (non-hydrogen) atoms. The van der Waals surface area contributed by atoms with Gasteiger partial charge in [-0.25, -0.2) is 0 Å². The van der Waals surface area contributed by atoms with Gasteiger partial charge in [-0.1, -0.05) is 12.1 Å². The van der Waals surface area contributed by atoms with E-state index in [1.165, 1.54) is 38.5 Å². The van der Waals surface area contributed by atoms with Crippen LogP contribution in [-0.2, 0) is 20.9 Å². The van der Waals surface area contributed by atoms with Gasteiger partial charge in [-0.05, 0) is 79.4 Å². The molecule has 0 saturated heterocycles. The third-order valence-electron chi connectivity index (χ3n) is 6.61. The number of rotatable bonds is 6. The van der Waals surface area contributed by atoms with E-state index in [1.54, 1.807) is 24.3 Å². The van der Waals surface area contributed by atoms with Gasteiger partial charge in [0.25, 0.3) is 0 Å². The number of carbonyl (C=O) groups is 2. The Kier molecular flexibility index (Phi) is 4.90. The van der Waals surface area contributed by atoms with Crippen molar-refractivity contribution in [3.05, 3.63) is 35.4 Å². The molecule has 0 aromatic heterocycles. The number of ether oxygens (including phenoxy) is 1. The van der Waals surface area contributed by atoms with E-state index in [0.717, 1.165) is 23.3 Å². The van der Waals surface area contributed by atoms with Crippen LogP contribution in [0.15, 0.2) is 24.3 Å². The smallest absolute Gasteiger partial charge is 0.325 e. The van der Waals surface area contributed by atoms with Gasteiger partial charge in [0.15, 0.2) is 0 Å². The average molecular weight is 366 g/mol. The van der Waals surface area contributed by atoms with Crippen LogP contribution in [0.3, 0.4) is 0 Å². The molecule has 1 N–H and O–H groups in total. The predicted molar refractivity (Wildman–Crippen MR) is 99.2 cm³/mol. The molecule has 0 unspecified atom stereocenters. The number of benzene rings is 1. The molecule has 5 rings (SSSR count). The summed E-state index contributed by atoms with van der Waals surface area (Å²) in [5.74, 6) is 2.01. The van der Waals surface area contributed by atoms with Crippen molar-refractivity contribution in [2.45, 2.75) is 51.6 Å². The fraction of sp³-hybridized carbons (Fsp3) is 0.591. The van der Waals surface area contributed by atoms with Crippen LogP contribution >= 0.6 is 0 Å². The lowest BCUT2D eigenvalue weighted by molar-refractivity contribution is -0.146. The number of esters is 1. The van der Waals surface area contributed by atoms with Crippen LogP contribution in [0.4, 0.5) is 0 Å². The minimum atomic E-state index is -0.432. The topological polar surface area (TPSA) is 79.2 Å². The second-order valence-electron chi connectivity index (χ2n) is 8.84. The first kappa shape index (κ1) is 18.0. The third-order valence-corrected chi connectivity index (χ3v) is 6.61. The largest absolute Gasteiger partial charge is 0.460 e. The summed E-state index contributed by atoms with van der Waals surface area (Å²) in [5.41, 5.74) is 1.58. The summed E-state index contributed by atoms with van der Waals surface area (Å²) in [5, 5.41) is 11.5. The molecule has 0 aliphatic heterocycles. The quantitative estimate of drug-likeness (QED) is 0.783. The van der Waals surface area contributed by atoms with Crippen molar-refractivity contribution in [1.29, 1.82) is 5.26 Å². The van der Waals surface area contributed by atoms with Gasteiger partial charge >= 0.3 is 5.97 Å². The number of nitriles is 1. The lowest BCUT2D eigenvalue weighted by Gasteiger charge is -2.56. The SMILES string of the molecule is N#Cc1ccc(COC(=O)CNC(=O)CC23CC4CC(CC(C4)C2)C3)cc1. The molecule has 0 atom stereocenters. The van der Waals surface area contributed by atoms with Gasteiger partial charge in [0.2, 0.25) is 5.91 Å². The Bertz CT molecular complexity index is 727. The van der Waals surface area contributed by atoms with Gasteiger partial charge in [0, 0.05) is 6.42 Å². The van der Waals surface area contributed by atoms with E-state index in [2.05, 4.69) is 11.4 Å². The van der Waals surface area contributed by atoms with Crippen molar-refractivity contribution in [2.24, 2.45) is 23.2 Å². The maximum Gasteiger partial charge on any atom is 0.325 e. The fourth-order valence-corrected chi connectivity index (χ4v) is 5.97. The van der Waals surface area contributed by atoms with E-state index in [-0.39, 0.29) is 24.5 Å². The van der Waals surface area contributed by atoms with Crippen LogP contribution in [0.5, 0.6) is 0 Å². The van der Waals surface area contributed by atoms with Crippen molar-refractivity contribution >= 4 is 11.9 Å². The summed E-state index contributed by atoms with van der Waals surface area (Å²) in [6, 6.07) is 8.95. The molecule has 0 spiro atoms. The van der Waals surface area contributed by atoms with E-state index < -0.39 is 5.97 Å². The highest BCUT2D eigenvalue weighted by Crippen LogP contribution is 2.61. The van der Waals surface area contributed by atoms with Gasteiger partial charge in [0.1, 0.15) is 13.2 Å². The van der Waals surface area contributed by atoms with Crippen molar-refractivity contribution in [3.63, 3.8) is 0 Å². The Morgan fingerprint density at radius 3 is 2.22 bits per heavy atom. The van der Waals surface area contributed by atoms with Crippen LogP contribution in [0, 0.1) is 34.5 Å². The zero-order chi connectivity index (χ0) is 18.9. The summed E-state index contributed by atoms with van der Waals surface area (Å²) in [6.07, 6.45) is 8.22. The zero-order valence-electron chi connectivity index (χ0n) is 15.6. The van der Waals surface area contributed by atoms with E-state index >= 15 is 0 Å². The molecular weight excluding hydrogens is 340 g/mol. The monoisotopic (exact) mass is 366 g/mol. The molecule has 1 aromatic rings. The number of carbonyl (C=O) groups excluding carboxylic acids is 2. The maximum atomic E-state index is 12.4. The third kappa shape index (κ3) is 4.16. The Labute approximate surface area is 160 Å². The van der Waals surface area contributed by atoms with Crippen LogP contribution in [0.2, 0.25) is 0 Å². The first-order valence-electron chi connectivity index (χ1n) is 9.95. The number of hydrogen-bond donors (Lipinski definition) is 1. The molecule has 5 nitrogen and oxygen atoms in total. The van der Waals surface area contributed by atoms with Crippen LogP contribution in [-0.4, -0.2) is 18.4 Å². The Morgan fingerprint density at radius 2 is 1.67 bits per heavy atom. The molecule has 1 aromatic carbocycles. The average Bonchev–Trinajstić information content (AvgIpc) is 2.63. The maximum absolute atomic E-state index is 12.4. The standard InChI is InChI=1S/C22H26N2O3/c23-12-15-1-3-16(4-2-15)14-27-21(26)13-24-20(25)11-22-8-17-5-18(9-22)7-19(6-17)10-22/h1-4,17-19H,5-11,13-14H2,(H,24,25). The van der Waals surface area contributed by atoms with E-state index in [4.69, 9.17) is 10.00 Å². The first-order valence-corrected chi connectivity index (χ1v) is 9.95. The van der Waals surface area contributed by atoms with Gasteiger partial charge in [-0.15, -0.1) is 0 Å². The number of nitrogens with one attached hydrogen (secondary N) is 1. The zero-order valence-corrected chi connectivity index (χ0v) is 15.6. The summed E-state index contributed by atoms with van der Waals surface area (Å²) in [7, 11) is 0. The van der Waals surface area contributed by atoms with Crippen LogP contribution < -0.4 is 5.32 Å². The molecule has 0 heterocycles. The second-order valence-corrected chi connectivity index (χ2v) is 8.84. The minimum absolute atomic E-state index is 0.0210. The highest BCUT2D eigenvalue weighted by Gasteiger charge is 2.51. The van der Waals surface area contributed by atoms with Gasteiger partial charge in [-0.2, -0.15) is 5.26 Å². The van der Waals surface area contributed by atoms with E-state index in [9.17, 15) is 9.59 Å².